The molecule has 0 bridgehead atoms. The van der Waals surface area contributed by atoms with Crippen LogP contribution >= 0.6 is 0 Å². The molecule has 0 aliphatic heterocycles. The van der Waals surface area contributed by atoms with Crippen LogP contribution in [0.3, 0.4) is 0 Å². The molecule has 1 rings (SSSR count). The Hall–Kier alpha value is -1.06. The van der Waals surface area contributed by atoms with E-state index < -0.39 is 0 Å². The van der Waals surface area contributed by atoms with Gasteiger partial charge in [-0.15, -0.1) is 0 Å². The van der Waals surface area contributed by atoms with Gasteiger partial charge < -0.3 is 15.4 Å². The summed E-state index contributed by atoms with van der Waals surface area (Å²) in [7, 11) is 1.73. The molecular formula is C14H24N2O. The Bertz CT molecular complexity index is 319. The minimum atomic E-state index is 0.0931. The third-order valence-electron chi connectivity index (χ3n) is 2.91. The zero-order chi connectivity index (χ0) is 12.8. The first kappa shape index (κ1) is 14.0. The zero-order valence-corrected chi connectivity index (χ0v) is 11.3. The van der Waals surface area contributed by atoms with Crippen LogP contribution in [0, 0.1) is 0 Å². The molecule has 0 amide bonds. The van der Waals surface area contributed by atoms with Crippen molar-refractivity contribution in [2.75, 3.05) is 25.2 Å². The molecule has 1 aromatic carbocycles. The van der Waals surface area contributed by atoms with Gasteiger partial charge in [-0.3, -0.25) is 0 Å². The van der Waals surface area contributed by atoms with Crippen molar-refractivity contribution in [1.29, 1.82) is 0 Å². The van der Waals surface area contributed by atoms with Crippen molar-refractivity contribution in [1.82, 2.24) is 0 Å². The van der Waals surface area contributed by atoms with Gasteiger partial charge in [0.25, 0.3) is 0 Å². The smallest absolute Gasteiger partial charge is 0.0637 e. The predicted molar refractivity (Wildman–Crippen MR) is 73.4 cm³/mol. The summed E-state index contributed by atoms with van der Waals surface area (Å²) in [5.41, 5.74) is 8.24. The molecular weight excluding hydrogens is 212 g/mol. The average molecular weight is 236 g/mol. The van der Waals surface area contributed by atoms with Crippen LogP contribution in [0.15, 0.2) is 24.3 Å². The van der Waals surface area contributed by atoms with E-state index in [0.29, 0.717) is 6.04 Å². The van der Waals surface area contributed by atoms with Crippen molar-refractivity contribution >= 4 is 5.69 Å². The number of rotatable bonds is 6. The van der Waals surface area contributed by atoms with E-state index in [-0.39, 0.29) is 6.04 Å². The summed E-state index contributed by atoms with van der Waals surface area (Å²) in [4.78, 5) is 2.33. The fraction of sp³-hybridized carbons (Fsp3) is 0.571. The minimum absolute atomic E-state index is 0.0931. The lowest BCUT2D eigenvalue weighted by molar-refractivity contribution is 0.204. The first-order valence-corrected chi connectivity index (χ1v) is 6.17. The monoisotopic (exact) mass is 236 g/mol. The number of hydrogen-bond donors (Lipinski definition) is 1. The number of ether oxygens (including phenoxy) is 1. The Morgan fingerprint density at radius 2 is 1.76 bits per heavy atom. The van der Waals surface area contributed by atoms with Crippen LogP contribution in [0.4, 0.5) is 5.69 Å². The number of nitrogens with two attached hydrogens (primary N) is 1. The van der Waals surface area contributed by atoms with Crippen LogP contribution < -0.4 is 10.6 Å². The van der Waals surface area contributed by atoms with Gasteiger partial charge in [0.05, 0.1) is 6.61 Å². The highest BCUT2D eigenvalue weighted by Gasteiger charge is 2.10. The Balaban J connectivity index is 2.80. The van der Waals surface area contributed by atoms with E-state index in [9.17, 15) is 0 Å². The molecule has 3 nitrogen and oxygen atoms in total. The van der Waals surface area contributed by atoms with Gasteiger partial charge in [-0.05, 0) is 38.5 Å². The second-order valence-electron chi connectivity index (χ2n) is 4.66. The van der Waals surface area contributed by atoms with Crippen molar-refractivity contribution in [3.05, 3.63) is 29.8 Å². The van der Waals surface area contributed by atoms with Crippen molar-refractivity contribution in [2.45, 2.75) is 32.9 Å². The zero-order valence-electron chi connectivity index (χ0n) is 11.3. The lowest BCUT2D eigenvalue weighted by Crippen LogP contribution is -2.33. The van der Waals surface area contributed by atoms with Crippen LogP contribution in [0.25, 0.3) is 0 Å². The summed E-state index contributed by atoms with van der Waals surface area (Å²) >= 11 is 0. The van der Waals surface area contributed by atoms with Gasteiger partial charge in [0.1, 0.15) is 0 Å². The van der Waals surface area contributed by atoms with Gasteiger partial charge in [-0.2, -0.15) is 0 Å². The molecule has 0 spiro atoms. The van der Waals surface area contributed by atoms with Crippen LogP contribution in [-0.4, -0.2) is 26.3 Å². The second kappa shape index (κ2) is 6.62. The molecule has 0 saturated carbocycles. The van der Waals surface area contributed by atoms with Gasteiger partial charge in [-0.1, -0.05) is 12.1 Å². The number of methoxy groups -OCH3 is 1. The molecule has 0 heterocycles. The molecule has 17 heavy (non-hydrogen) atoms. The maximum atomic E-state index is 5.85. The van der Waals surface area contributed by atoms with E-state index in [1.807, 2.05) is 6.92 Å². The maximum absolute atomic E-state index is 5.85. The number of benzene rings is 1. The lowest BCUT2D eigenvalue weighted by Gasteiger charge is -2.29. The Kier molecular flexibility index (Phi) is 5.45. The largest absolute Gasteiger partial charge is 0.383 e. The van der Waals surface area contributed by atoms with Gasteiger partial charge in [-0.25, -0.2) is 0 Å². The van der Waals surface area contributed by atoms with Gasteiger partial charge in [0.2, 0.25) is 0 Å². The third-order valence-corrected chi connectivity index (χ3v) is 2.91. The SMILES string of the molecule is COCCN(c1ccc([C@H](C)N)cc1)C(C)C. The summed E-state index contributed by atoms with van der Waals surface area (Å²) in [5.74, 6) is 0. The third kappa shape index (κ3) is 4.02. The lowest BCUT2D eigenvalue weighted by atomic mass is 10.1. The molecule has 0 saturated heterocycles. The number of anilines is 1. The van der Waals surface area contributed by atoms with Crippen molar-refractivity contribution in [3.63, 3.8) is 0 Å². The summed E-state index contributed by atoms with van der Waals surface area (Å²) in [5, 5.41) is 0. The molecule has 0 radical (unpaired) electrons. The molecule has 0 aliphatic rings. The Morgan fingerprint density at radius 3 is 2.18 bits per heavy atom. The number of hydrogen-bond acceptors (Lipinski definition) is 3. The standard InChI is InChI=1S/C14H24N2O/c1-11(2)16(9-10-17-4)14-7-5-13(6-8-14)12(3)15/h5-8,11-12H,9-10,15H2,1-4H3/t12-/m0/s1. The fourth-order valence-electron chi connectivity index (χ4n) is 1.84. The quantitative estimate of drug-likeness (QED) is 0.825. The summed E-state index contributed by atoms with van der Waals surface area (Å²) in [6, 6.07) is 9.02. The van der Waals surface area contributed by atoms with Gasteiger partial charge in [0, 0.05) is 31.4 Å². The van der Waals surface area contributed by atoms with E-state index in [4.69, 9.17) is 10.5 Å². The summed E-state index contributed by atoms with van der Waals surface area (Å²) < 4.78 is 5.14. The topological polar surface area (TPSA) is 38.5 Å². The van der Waals surface area contributed by atoms with E-state index in [1.54, 1.807) is 7.11 Å². The van der Waals surface area contributed by atoms with Crippen LogP contribution in [-0.2, 0) is 4.74 Å². The summed E-state index contributed by atoms with van der Waals surface area (Å²) in [6.07, 6.45) is 0. The highest BCUT2D eigenvalue weighted by molar-refractivity contribution is 5.48. The molecule has 2 N–H and O–H groups in total. The van der Waals surface area contributed by atoms with Crippen molar-refractivity contribution in [2.24, 2.45) is 5.73 Å². The maximum Gasteiger partial charge on any atom is 0.0637 e. The fourth-order valence-corrected chi connectivity index (χ4v) is 1.84. The van der Waals surface area contributed by atoms with E-state index in [2.05, 4.69) is 43.0 Å². The van der Waals surface area contributed by atoms with Gasteiger partial charge in [0.15, 0.2) is 0 Å². The van der Waals surface area contributed by atoms with Gasteiger partial charge >= 0.3 is 0 Å². The van der Waals surface area contributed by atoms with Crippen LogP contribution in [0.2, 0.25) is 0 Å². The number of nitrogens with zero attached hydrogens (tertiary/aromatic N) is 1. The molecule has 96 valence electrons. The highest BCUT2D eigenvalue weighted by Crippen LogP contribution is 2.19. The first-order valence-electron chi connectivity index (χ1n) is 6.17. The summed E-state index contributed by atoms with van der Waals surface area (Å²) in [6.45, 7) is 8.03. The molecule has 0 fully saturated rings. The molecule has 0 aliphatic carbocycles. The second-order valence-corrected chi connectivity index (χ2v) is 4.66. The molecule has 0 aromatic heterocycles. The highest BCUT2D eigenvalue weighted by atomic mass is 16.5. The molecule has 1 aromatic rings. The Labute approximate surface area is 105 Å². The normalized spacial score (nSPS) is 12.8. The van der Waals surface area contributed by atoms with E-state index >= 15 is 0 Å². The molecule has 0 unspecified atom stereocenters. The van der Waals surface area contributed by atoms with Crippen LogP contribution in [0.5, 0.6) is 0 Å². The predicted octanol–water partition coefficient (Wildman–Crippen LogP) is 2.57. The minimum Gasteiger partial charge on any atom is -0.383 e. The Morgan fingerprint density at radius 1 is 1.18 bits per heavy atom. The van der Waals surface area contributed by atoms with Crippen LogP contribution in [0.1, 0.15) is 32.4 Å². The molecule has 1 atom stereocenters. The van der Waals surface area contributed by atoms with Crippen molar-refractivity contribution in [3.8, 4) is 0 Å². The van der Waals surface area contributed by atoms with E-state index in [0.717, 1.165) is 13.2 Å². The van der Waals surface area contributed by atoms with Crippen molar-refractivity contribution < 1.29 is 4.74 Å². The molecule has 3 heteroatoms. The first-order chi connectivity index (χ1) is 8.06. The average Bonchev–Trinajstić information content (AvgIpc) is 2.29. The van der Waals surface area contributed by atoms with E-state index in [1.165, 1.54) is 11.3 Å².